The number of thioether (sulfide) groups is 1. The number of thiazole rings is 1. The number of carbonyl (C=O) groups is 1. The van der Waals surface area contributed by atoms with Crippen LogP contribution in [0.3, 0.4) is 0 Å². The summed E-state index contributed by atoms with van der Waals surface area (Å²) in [6.45, 7) is 1.95. The Hall–Kier alpha value is -1.74. The number of halogens is 1. The van der Waals surface area contributed by atoms with Crippen molar-refractivity contribution in [1.29, 1.82) is 0 Å². The Bertz CT molecular complexity index is 849. The second-order valence-electron chi connectivity index (χ2n) is 5.91. The number of carbonyl (C=O) groups excluding carboxylic acids is 1. The molecule has 3 rings (SSSR count). The van der Waals surface area contributed by atoms with E-state index in [0.29, 0.717) is 9.36 Å². The molecule has 1 aliphatic rings. The van der Waals surface area contributed by atoms with Crippen LogP contribution >= 0.6 is 34.7 Å². The van der Waals surface area contributed by atoms with Crippen LogP contribution in [0.25, 0.3) is 11.3 Å². The number of hydrogen-bond acceptors (Lipinski definition) is 8. The third-order valence-corrected chi connectivity index (χ3v) is 6.34. The molecule has 26 heavy (non-hydrogen) atoms. The molecule has 9 heteroatoms. The maximum Gasteiger partial charge on any atom is 0.358 e. The molecule has 0 radical (unpaired) electrons. The molecule has 1 aromatic heterocycles. The van der Waals surface area contributed by atoms with Gasteiger partial charge in [-0.1, -0.05) is 23.7 Å². The molecule has 0 atom stereocenters. The lowest BCUT2D eigenvalue weighted by atomic mass is 9.96. The Morgan fingerprint density at radius 3 is 2.85 bits per heavy atom. The van der Waals surface area contributed by atoms with Crippen molar-refractivity contribution in [2.75, 3.05) is 0 Å². The summed E-state index contributed by atoms with van der Waals surface area (Å²) in [6, 6.07) is 5.79. The van der Waals surface area contributed by atoms with Crippen molar-refractivity contribution < 1.29 is 9.53 Å². The minimum atomic E-state index is -0.538. The van der Waals surface area contributed by atoms with Gasteiger partial charge in [-0.25, -0.2) is 9.78 Å². The highest BCUT2D eigenvalue weighted by Crippen LogP contribution is 2.33. The van der Waals surface area contributed by atoms with Crippen molar-refractivity contribution in [3.63, 3.8) is 0 Å². The number of hydrogen-bond donors (Lipinski definition) is 3. The zero-order chi connectivity index (χ0) is 18.7. The number of rotatable bonds is 6. The van der Waals surface area contributed by atoms with E-state index < -0.39 is 5.97 Å². The first-order valence-electron chi connectivity index (χ1n) is 8.05. The third-order valence-electron chi connectivity index (χ3n) is 4.07. The molecular weight excluding hydrogens is 392 g/mol. The predicted octanol–water partition coefficient (Wildman–Crippen LogP) is 3.55. The standard InChI is InChI=1S/C17H19ClN4O2S2/c1-9-5-6-10(7-12(9)18)13-8-25-17(21-13)26-15(19)14(22-20)16(23)24-11-3-2-4-11/h5-8,11,22H,2-4,19-20H2,1H3/b15-14+. The Morgan fingerprint density at radius 2 is 2.23 bits per heavy atom. The molecule has 1 heterocycles. The van der Waals surface area contributed by atoms with Crippen molar-refractivity contribution in [2.24, 2.45) is 11.6 Å². The van der Waals surface area contributed by atoms with Gasteiger partial charge in [0.15, 0.2) is 10.0 Å². The topological polar surface area (TPSA) is 103 Å². The van der Waals surface area contributed by atoms with E-state index >= 15 is 0 Å². The number of hydrazine groups is 1. The quantitative estimate of drug-likeness (QED) is 0.220. The minimum absolute atomic E-state index is 0.0404. The van der Waals surface area contributed by atoms with Crippen LogP contribution in [0.1, 0.15) is 24.8 Å². The summed E-state index contributed by atoms with van der Waals surface area (Å²) in [5.41, 5.74) is 11.2. The number of benzene rings is 1. The fraction of sp³-hybridized carbons (Fsp3) is 0.294. The summed E-state index contributed by atoms with van der Waals surface area (Å²) < 4.78 is 6.03. The SMILES string of the molecule is Cc1ccc(-c2csc(S/C(N)=C(/NN)C(=O)OC3CCC3)n2)cc1Cl. The number of ether oxygens (including phenoxy) is 1. The highest BCUT2D eigenvalue weighted by molar-refractivity contribution is 8.04. The molecule has 6 nitrogen and oxygen atoms in total. The molecule has 0 bridgehead atoms. The number of aromatic nitrogens is 1. The number of aryl methyl sites for hydroxylation is 1. The average Bonchev–Trinajstić information content (AvgIpc) is 3.02. The van der Waals surface area contributed by atoms with Crippen LogP contribution in [0, 0.1) is 6.92 Å². The molecule has 0 unspecified atom stereocenters. The molecule has 138 valence electrons. The van der Waals surface area contributed by atoms with Gasteiger partial charge >= 0.3 is 5.97 Å². The van der Waals surface area contributed by atoms with Crippen LogP contribution in [0.4, 0.5) is 0 Å². The average molecular weight is 411 g/mol. The van der Waals surface area contributed by atoms with E-state index in [9.17, 15) is 4.79 Å². The monoisotopic (exact) mass is 410 g/mol. The second kappa shape index (κ2) is 8.30. The summed E-state index contributed by atoms with van der Waals surface area (Å²) in [7, 11) is 0. The largest absolute Gasteiger partial charge is 0.458 e. The molecule has 0 saturated heterocycles. The molecule has 5 N–H and O–H groups in total. The maximum absolute atomic E-state index is 12.2. The van der Waals surface area contributed by atoms with Gasteiger partial charge in [-0.2, -0.15) is 0 Å². The zero-order valence-electron chi connectivity index (χ0n) is 14.1. The molecular formula is C17H19ClN4O2S2. The first kappa shape index (κ1) is 19.0. The lowest BCUT2D eigenvalue weighted by Crippen LogP contribution is -2.34. The fourth-order valence-corrected chi connectivity index (χ4v) is 4.18. The summed E-state index contributed by atoms with van der Waals surface area (Å²) >= 11 is 8.77. The van der Waals surface area contributed by atoms with Gasteiger partial charge < -0.3 is 15.9 Å². The van der Waals surface area contributed by atoms with E-state index in [0.717, 1.165) is 36.1 Å². The van der Waals surface area contributed by atoms with Gasteiger partial charge in [0.1, 0.15) is 11.1 Å². The lowest BCUT2D eigenvalue weighted by molar-refractivity contribution is -0.148. The van der Waals surface area contributed by atoms with Crippen LogP contribution in [-0.4, -0.2) is 17.1 Å². The van der Waals surface area contributed by atoms with Crippen LogP contribution < -0.4 is 17.0 Å². The van der Waals surface area contributed by atoms with E-state index in [4.69, 9.17) is 27.9 Å². The van der Waals surface area contributed by atoms with E-state index in [2.05, 4.69) is 10.4 Å². The molecule has 1 saturated carbocycles. The van der Waals surface area contributed by atoms with Crippen LogP contribution in [0.5, 0.6) is 0 Å². The second-order valence-corrected chi connectivity index (χ2v) is 8.46. The van der Waals surface area contributed by atoms with Crippen LogP contribution in [0.2, 0.25) is 5.02 Å². The molecule has 0 aliphatic heterocycles. The first-order valence-corrected chi connectivity index (χ1v) is 10.1. The van der Waals surface area contributed by atoms with Crippen molar-refractivity contribution >= 4 is 40.7 Å². The smallest absolute Gasteiger partial charge is 0.358 e. The molecule has 2 aromatic rings. The lowest BCUT2D eigenvalue weighted by Gasteiger charge is -2.25. The highest BCUT2D eigenvalue weighted by atomic mass is 35.5. The zero-order valence-corrected chi connectivity index (χ0v) is 16.5. The molecule has 1 aromatic carbocycles. The van der Waals surface area contributed by atoms with E-state index in [1.165, 1.54) is 23.1 Å². The van der Waals surface area contributed by atoms with Crippen LogP contribution in [-0.2, 0) is 9.53 Å². The Labute approximate surface area is 164 Å². The Balaban J connectivity index is 1.73. The van der Waals surface area contributed by atoms with Gasteiger partial charge in [-0.3, -0.25) is 5.84 Å². The highest BCUT2D eigenvalue weighted by Gasteiger charge is 2.25. The van der Waals surface area contributed by atoms with Gasteiger partial charge in [0.25, 0.3) is 0 Å². The Kier molecular flexibility index (Phi) is 6.08. The van der Waals surface area contributed by atoms with Crippen LogP contribution in [0.15, 0.2) is 38.6 Å². The third kappa shape index (κ3) is 4.32. The Morgan fingerprint density at radius 1 is 1.46 bits per heavy atom. The van der Waals surface area contributed by atoms with Crippen molar-refractivity contribution in [2.45, 2.75) is 36.6 Å². The molecule has 0 spiro atoms. The van der Waals surface area contributed by atoms with E-state index in [1.807, 2.05) is 30.5 Å². The van der Waals surface area contributed by atoms with Crippen molar-refractivity contribution in [3.8, 4) is 11.3 Å². The van der Waals surface area contributed by atoms with Crippen molar-refractivity contribution in [1.82, 2.24) is 10.4 Å². The number of esters is 1. The summed E-state index contributed by atoms with van der Waals surface area (Å²) in [5, 5.41) is 2.83. The van der Waals surface area contributed by atoms with E-state index in [1.54, 1.807) is 0 Å². The molecule has 1 fully saturated rings. The van der Waals surface area contributed by atoms with Gasteiger partial charge in [0.2, 0.25) is 0 Å². The normalized spacial score (nSPS) is 15.2. The van der Waals surface area contributed by atoms with Gasteiger partial charge in [-0.15, -0.1) is 11.3 Å². The summed E-state index contributed by atoms with van der Waals surface area (Å²) in [6.07, 6.45) is 2.79. The van der Waals surface area contributed by atoms with Gasteiger partial charge in [-0.05, 0) is 49.6 Å². The minimum Gasteiger partial charge on any atom is -0.458 e. The maximum atomic E-state index is 12.2. The van der Waals surface area contributed by atoms with Gasteiger partial charge in [0, 0.05) is 16.0 Å². The summed E-state index contributed by atoms with van der Waals surface area (Å²) in [4.78, 5) is 16.7. The molecule has 0 amide bonds. The number of nitrogens with zero attached hydrogens (tertiary/aromatic N) is 1. The fourth-order valence-electron chi connectivity index (χ4n) is 2.26. The van der Waals surface area contributed by atoms with Gasteiger partial charge in [0.05, 0.1) is 5.69 Å². The van der Waals surface area contributed by atoms with Crippen molar-refractivity contribution in [3.05, 3.63) is 44.9 Å². The molecule has 1 aliphatic carbocycles. The number of nitrogens with one attached hydrogen (secondary N) is 1. The number of nitrogens with two attached hydrogens (primary N) is 2. The predicted molar refractivity (Wildman–Crippen MR) is 105 cm³/mol. The summed E-state index contributed by atoms with van der Waals surface area (Å²) in [5.74, 6) is 4.92. The van der Waals surface area contributed by atoms with E-state index in [-0.39, 0.29) is 16.8 Å². The first-order chi connectivity index (χ1) is 12.5.